The Morgan fingerprint density at radius 3 is 2.50 bits per heavy atom. The van der Waals surface area contributed by atoms with Crippen molar-refractivity contribution in [3.05, 3.63) is 63.6 Å². The maximum Gasteiger partial charge on any atom is 0.253 e. The standard InChI is InChI=1S/C16H14BrClN2OS/c1-11(22-15-8-6-14(18)7-9-15)16(21)20-19-10-12-2-4-13(17)5-3-12/h2-11H,1H3,(H,20,21)/b19-10-/t11-/m1/s1. The van der Waals surface area contributed by atoms with Crippen molar-refractivity contribution in [2.75, 3.05) is 0 Å². The molecule has 0 aliphatic carbocycles. The molecule has 2 rings (SSSR count). The van der Waals surface area contributed by atoms with Crippen LogP contribution in [-0.2, 0) is 4.79 Å². The number of halogens is 2. The third-order valence-corrected chi connectivity index (χ3v) is 4.65. The third kappa shape index (κ3) is 5.48. The molecule has 3 nitrogen and oxygen atoms in total. The molecule has 114 valence electrons. The van der Waals surface area contributed by atoms with Gasteiger partial charge in [-0.3, -0.25) is 4.79 Å². The molecular weight excluding hydrogens is 384 g/mol. The highest BCUT2D eigenvalue weighted by Crippen LogP contribution is 2.24. The number of hydrogen-bond donors (Lipinski definition) is 1. The van der Waals surface area contributed by atoms with Crippen molar-refractivity contribution < 1.29 is 4.79 Å². The van der Waals surface area contributed by atoms with E-state index in [9.17, 15) is 4.79 Å². The largest absolute Gasteiger partial charge is 0.272 e. The predicted octanol–water partition coefficient (Wildman–Crippen LogP) is 4.73. The molecule has 0 unspecified atom stereocenters. The number of hydrogen-bond acceptors (Lipinski definition) is 3. The summed E-state index contributed by atoms with van der Waals surface area (Å²) in [7, 11) is 0. The van der Waals surface area contributed by atoms with Crippen LogP contribution in [0.4, 0.5) is 0 Å². The van der Waals surface area contributed by atoms with Gasteiger partial charge in [-0.25, -0.2) is 5.43 Å². The van der Waals surface area contributed by atoms with Crippen LogP contribution in [0, 0.1) is 0 Å². The number of carbonyl (C=O) groups excluding carboxylic acids is 1. The number of carbonyl (C=O) groups is 1. The van der Waals surface area contributed by atoms with Crippen molar-refractivity contribution in [2.45, 2.75) is 17.1 Å². The van der Waals surface area contributed by atoms with Crippen molar-refractivity contribution >= 4 is 51.4 Å². The number of hydrazone groups is 1. The van der Waals surface area contributed by atoms with E-state index < -0.39 is 0 Å². The summed E-state index contributed by atoms with van der Waals surface area (Å²) in [4.78, 5) is 13.0. The molecular formula is C16H14BrClN2OS. The summed E-state index contributed by atoms with van der Waals surface area (Å²) >= 11 is 10.7. The lowest BCUT2D eigenvalue weighted by atomic mass is 10.2. The smallest absolute Gasteiger partial charge is 0.253 e. The van der Waals surface area contributed by atoms with Crippen molar-refractivity contribution in [3.8, 4) is 0 Å². The normalized spacial score (nSPS) is 12.3. The SMILES string of the molecule is C[C@@H](Sc1ccc(Cl)cc1)C(=O)N/N=C\c1ccc(Br)cc1. The number of rotatable bonds is 5. The second-order valence-electron chi connectivity index (χ2n) is 4.50. The predicted molar refractivity (Wildman–Crippen MR) is 96.6 cm³/mol. The zero-order chi connectivity index (χ0) is 15.9. The van der Waals surface area contributed by atoms with Crippen LogP contribution in [0.5, 0.6) is 0 Å². The van der Waals surface area contributed by atoms with Crippen LogP contribution in [0.1, 0.15) is 12.5 Å². The third-order valence-electron chi connectivity index (χ3n) is 2.75. The molecule has 1 atom stereocenters. The molecule has 0 bridgehead atoms. The Balaban J connectivity index is 1.85. The second-order valence-corrected chi connectivity index (χ2v) is 7.27. The lowest BCUT2D eigenvalue weighted by Gasteiger charge is -2.09. The molecule has 0 aliphatic rings. The first-order chi connectivity index (χ1) is 10.5. The van der Waals surface area contributed by atoms with Crippen LogP contribution in [0.15, 0.2) is 63.0 Å². The minimum absolute atomic E-state index is 0.145. The lowest BCUT2D eigenvalue weighted by molar-refractivity contribution is -0.120. The molecule has 1 N–H and O–H groups in total. The van der Waals surface area contributed by atoms with E-state index in [-0.39, 0.29) is 11.2 Å². The molecule has 0 heterocycles. The zero-order valence-corrected chi connectivity index (χ0v) is 15.0. The molecule has 22 heavy (non-hydrogen) atoms. The van der Waals surface area contributed by atoms with Crippen molar-refractivity contribution in [2.24, 2.45) is 5.10 Å². The summed E-state index contributed by atoms with van der Waals surface area (Å²) in [5, 5.41) is 4.41. The number of thioether (sulfide) groups is 1. The number of benzene rings is 2. The van der Waals surface area contributed by atoms with Gasteiger partial charge in [0.1, 0.15) is 0 Å². The maximum absolute atomic E-state index is 12.0. The fraction of sp³-hybridized carbons (Fsp3) is 0.125. The Hall–Kier alpha value is -1.30. The molecule has 0 fully saturated rings. The van der Waals surface area contributed by atoms with Crippen LogP contribution in [-0.4, -0.2) is 17.4 Å². The Bertz CT molecular complexity index is 659. The fourth-order valence-electron chi connectivity index (χ4n) is 1.58. The molecule has 2 aromatic rings. The van der Waals surface area contributed by atoms with E-state index in [1.54, 1.807) is 18.3 Å². The van der Waals surface area contributed by atoms with Gasteiger partial charge < -0.3 is 0 Å². The zero-order valence-electron chi connectivity index (χ0n) is 11.8. The molecule has 0 spiro atoms. The van der Waals surface area contributed by atoms with E-state index >= 15 is 0 Å². The van der Waals surface area contributed by atoms with Crippen LogP contribution < -0.4 is 5.43 Å². The summed E-state index contributed by atoms with van der Waals surface area (Å²) in [6.45, 7) is 1.84. The van der Waals surface area contributed by atoms with Gasteiger partial charge in [0.25, 0.3) is 5.91 Å². The first kappa shape index (κ1) is 17.1. The molecule has 0 saturated heterocycles. The van der Waals surface area contributed by atoms with Crippen LogP contribution in [0.3, 0.4) is 0 Å². The van der Waals surface area contributed by atoms with Crippen molar-refractivity contribution in [3.63, 3.8) is 0 Å². The van der Waals surface area contributed by atoms with Gasteiger partial charge in [-0.2, -0.15) is 5.10 Å². The van der Waals surface area contributed by atoms with Crippen molar-refractivity contribution in [1.29, 1.82) is 0 Å². The Kier molecular flexibility index (Phi) is 6.49. The summed E-state index contributed by atoms with van der Waals surface area (Å²) in [6, 6.07) is 15.0. The summed E-state index contributed by atoms with van der Waals surface area (Å²) in [5.74, 6) is -0.145. The Morgan fingerprint density at radius 2 is 1.86 bits per heavy atom. The van der Waals surface area contributed by atoms with E-state index in [0.29, 0.717) is 5.02 Å². The topological polar surface area (TPSA) is 41.5 Å². The lowest BCUT2D eigenvalue weighted by Crippen LogP contribution is -2.26. The average Bonchev–Trinajstić information content (AvgIpc) is 2.51. The van der Waals surface area contributed by atoms with Gasteiger partial charge in [-0.1, -0.05) is 39.7 Å². The summed E-state index contributed by atoms with van der Waals surface area (Å²) in [6.07, 6.45) is 1.62. The van der Waals surface area contributed by atoms with Gasteiger partial charge >= 0.3 is 0 Å². The molecule has 0 aliphatic heterocycles. The summed E-state index contributed by atoms with van der Waals surface area (Å²) in [5.41, 5.74) is 3.47. The number of nitrogens with one attached hydrogen (secondary N) is 1. The van der Waals surface area contributed by atoms with Gasteiger partial charge in [-0.15, -0.1) is 11.8 Å². The molecule has 0 aromatic heterocycles. The molecule has 0 saturated carbocycles. The van der Waals surface area contributed by atoms with E-state index in [1.807, 2.05) is 43.3 Å². The number of nitrogens with zero attached hydrogens (tertiary/aromatic N) is 1. The molecule has 0 radical (unpaired) electrons. The van der Waals surface area contributed by atoms with Crippen LogP contribution in [0.25, 0.3) is 0 Å². The Labute approximate surface area is 147 Å². The summed E-state index contributed by atoms with van der Waals surface area (Å²) < 4.78 is 1.00. The average molecular weight is 398 g/mol. The molecule has 6 heteroatoms. The minimum atomic E-state index is -0.247. The van der Waals surface area contributed by atoms with Crippen molar-refractivity contribution in [1.82, 2.24) is 5.43 Å². The van der Waals surface area contributed by atoms with Crippen LogP contribution >= 0.6 is 39.3 Å². The van der Waals surface area contributed by atoms with E-state index in [4.69, 9.17) is 11.6 Å². The van der Waals surface area contributed by atoms with E-state index in [0.717, 1.165) is 14.9 Å². The fourth-order valence-corrected chi connectivity index (χ4v) is 2.83. The first-order valence-corrected chi connectivity index (χ1v) is 8.60. The molecule has 2 aromatic carbocycles. The van der Waals surface area contributed by atoms with Gasteiger partial charge in [0.2, 0.25) is 0 Å². The van der Waals surface area contributed by atoms with Crippen LogP contribution in [0.2, 0.25) is 5.02 Å². The van der Waals surface area contributed by atoms with Gasteiger partial charge in [0, 0.05) is 14.4 Å². The highest BCUT2D eigenvalue weighted by molar-refractivity contribution is 9.10. The molecule has 1 amide bonds. The minimum Gasteiger partial charge on any atom is -0.272 e. The van der Waals surface area contributed by atoms with Gasteiger partial charge in [-0.05, 0) is 48.9 Å². The van der Waals surface area contributed by atoms with E-state index in [2.05, 4.69) is 26.5 Å². The monoisotopic (exact) mass is 396 g/mol. The number of amides is 1. The maximum atomic E-state index is 12.0. The van der Waals surface area contributed by atoms with E-state index in [1.165, 1.54) is 11.8 Å². The highest BCUT2D eigenvalue weighted by Gasteiger charge is 2.13. The quantitative estimate of drug-likeness (QED) is 0.450. The first-order valence-electron chi connectivity index (χ1n) is 6.55. The highest BCUT2D eigenvalue weighted by atomic mass is 79.9. The van der Waals surface area contributed by atoms with Gasteiger partial charge in [0.05, 0.1) is 11.5 Å². The van der Waals surface area contributed by atoms with Gasteiger partial charge in [0.15, 0.2) is 0 Å². The second kappa shape index (κ2) is 8.36. The Morgan fingerprint density at radius 1 is 1.23 bits per heavy atom.